The molecule has 1 saturated heterocycles. The summed E-state index contributed by atoms with van der Waals surface area (Å²) in [4.78, 5) is 27.2. The SMILES string of the molecule is O=C(NC1CCCCC1)N[C@@H](Cc1ccccc1)C(=O)N1CCOCC1. The van der Waals surface area contributed by atoms with Gasteiger partial charge in [-0.15, -0.1) is 0 Å². The smallest absolute Gasteiger partial charge is 0.315 e. The first kappa shape index (κ1) is 18.7. The zero-order valence-corrected chi connectivity index (χ0v) is 15.3. The van der Waals surface area contributed by atoms with Gasteiger partial charge < -0.3 is 20.3 Å². The van der Waals surface area contributed by atoms with Crippen LogP contribution in [0, 0.1) is 0 Å². The average Bonchev–Trinajstić information content (AvgIpc) is 2.69. The van der Waals surface area contributed by atoms with Gasteiger partial charge >= 0.3 is 6.03 Å². The number of hydrogen-bond acceptors (Lipinski definition) is 3. The summed E-state index contributed by atoms with van der Waals surface area (Å²) < 4.78 is 5.34. The number of benzene rings is 1. The van der Waals surface area contributed by atoms with E-state index in [1.165, 1.54) is 6.42 Å². The number of morpholine rings is 1. The predicted octanol–water partition coefficient (Wildman–Crippen LogP) is 2.09. The van der Waals surface area contributed by atoms with Crippen molar-refractivity contribution in [2.75, 3.05) is 26.3 Å². The molecule has 6 heteroatoms. The molecule has 0 spiro atoms. The van der Waals surface area contributed by atoms with E-state index < -0.39 is 6.04 Å². The molecule has 0 bridgehead atoms. The van der Waals surface area contributed by atoms with E-state index in [4.69, 9.17) is 4.74 Å². The van der Waals surface area contributed by atoms with Crippen LogP contribution in [-0.2, 0) is 16.0 Å². The minimum absolute atomic E-state index is 0.0315. The molecule has 3 rings (SSSR count). The standard InChI is InChI=1S/C20H29N3O3/c24-19(23-11-13-26-14-12-23)18(15-16-7-3-1-4-8-16)22-20(25)21-17-9-5-2-6-10-17/h1,3-4,7-8,17-18H,2,5-6,9-15H2,(H2,21,22,25)/t18-/m0/s1. The van der Waals surface area contributed by atoms with Gasteiger partial charge in [0.25, 0.3) is 0 Å². The van der Waals surface area contributed by atoms with Crippen LogP contribution in [0.5, 0.6) is 0 Å². The zero-order chi connectivity index (χ0) is 18.2. The Kier molecular flexibility index (Phi) is 6.89. The van der Waals surface area contributed by atoms with Crippen molar-refractivity contribution < 1.29 is 14.3 Å². The van der Waals surface area contributed by atoms with Crippen LogP contribution >= 0.6 is 0 Å². The Bertz CT molecular complexity index is 581. The Labute approximate surface area is 155 Å². The van der Waals surface area contributed by atoms with Crippen molar-refractivity contribution in [3.63, 3.8) is 0 Å². The Balaban J connectivity index is 1.63. The lowest BCUT2D eigenvalue weighted by atomic mass is 9.96. The lowest BCUT2D eigenvalue weighted by molar-refractivity contribution is -0.137. The van der Waals surface area contributed by atoms with Crippen molar-refractivity contribution in [1.29, 1.82) is 0 Å². The van der Waals surface area contributed by atoms with E-state index in [0.717, 1.165) is 31.2 Å². The lowest BCUT2D eigenvalue weighted by Crippen LogP contribution is -2.55. The van der Waals surface area contributed by atoms with E-state index in [0.29, 0.717) is 32.7 Å². The van der Waals surface area contributed by atoms with Gasteiger partial charge in [-0.25, -0.2) is 4.79 Å². The van der Waals surface area contributed by atoms with Crippen LogP contribution in [0.3, 0.4) is 0 Å². The first-order valence-electron chi connectivity index (χ1n) is 9.70. The molecule has 142 valence electrons. The van der Waals surface area contributed by atoms with Crippen LogP contribution < -0.4 is 10.6 Å². The fourth-order valence-electron chi connectivity index (χ4n) is 3.69. The molecule has 0 radical (unpaired) electrons. The molecule has 1 aromatic rings. The number of carbonyl (C=O) groups is 2. The third kappa shape index (κ3) is 5.46. The van der Waals surface area contributed by atoms with Gasteiger partial charge in [0.1, 0.15) is 6.04 Å². The monoisotopic (exact) mass is 359 g/mol. The lowest BCUT2D eigenvalue weighted by Gasteiger charge is -2.31. The molecule has 2 aliphatic rings. The molecule has 1 saturated carbocycles. The Hall–Kier alpha value is -2.08. The van der Waals surface area contributed by atoms with Crippen LogP contribution in [0.2, 0.25) is 0 Å². The molecule has 6 nitrogen and oxygen atoms in total. The summed E-state index contributed by atoms with van der Waals surface area (Å²) in [5, 5.41) is 5.98. The average molecular weight is 359 g/mol. The summed E-state index contributed by atoms with van der Waals surface area (Å²) >= 11 is 0. The second-order valence-electron chi connectivity index (χ2n) is 7.13. The molecule has 26 heavy (non-hydrogen) atoms. The summed E-state index contributed by atoms with van der Waals surface area (Å²) in [6, 6.07) is 9.26. The molecule has 1 heterocycles. The maximum absolute atomic E-state index is 13.0. The highest BCUT2D eigenvalue weighted by atomic mass is 16.5. The topological polar surface area (TPSA) is 70.7 Å². The van der Waals surface area contributed by atoms with Crippen LogP contribution in [0.15, 0.2) is 30.3 Å². The maximum Gasteiger partial charge on any atom is 0.315 e. The fraction of sp³-hybridized carbons (Fsp3) is 0.600. The normalized spacial score (nSPS) is 19.6. The molecule has 1 atom stereocenters. The first-order chi connectivity index (χ1) is 12.7. The summed E-state index contributed by atoms with van der Waals surface area (Å²) in [6.45, 7) is 2.27. The number of hydrogen-bond donors (Lipinski definition) is 2. The Morgan fingerprint density at radius 3 is 2.46 bits per heavy atom. The summed E-state index contributed by atoms with van der Waals surface area (Å²) in [5.74, 6) is -0.0315. The number of amides is 3. The van der Waals surface area contributed by atoms with Gasteiger partial charge in [-0.2, -0.15) is 0 Å². The highest BCUT2D eigenvalue weighted by Gasteiger charge is 2.28. The van der Waals surface area contributed by atoms with E-state index in [-0.39, 0.29) is 18.0 Å². The van der Waals surface area contributed by atoms with Gasteiger partial charge in [-0.05, 0) is 18.4 Å². The number of nitrogens with zero attached hydrogens (tertiary/aromatic N) is 1. The quantitative estimate of drug-likeness (QED) is 0.846. The molecule has 1 aromatic carbocycles. The highest BCUT2D eigenvalue weighted by molar-refractivity contribution is 5.87. The van der Waals surface area contributed by atoms with Crippen molar-refractivity contribution in [3.05, 3.63) is 35.9 Å². The van der Waals surface area contributed by atoms with Gasteiger partial charge in [0.05, 0.1) is 13.2 Å². The molecule has 0 aromatic heterocycles. The van der Waals surface area contributed by atoms with E-state index in [1.807, 2.05) is 30.3 Å². The van der Waals surface area contributed by atoms with E-state index in [2.05, 4.69) is 10.6 Å². The number of ether oxygens (including phenoxy) is 1. The van der Waals surface area contributed by atoms with Gasteiger partial charge in [-0.1, -0.05) is 49.6 Å². The summed E-state index contributed by atoms with van der Waals surface area (Å²) in [6.07, 6.45) is 6.10. The molecule has 1 aliphatic carbocycles. The maximum atomic E-state index is 13.0. The van der Waals surface area contributed by atoms with Crippen molar-refractivity contribution in [2.24, 2.45) is 0 Å². The molecule has 1 aliphatic heterocycles. The van der Waals surface area contributed by atoms with Gasteiger partial charge in [0.15, 0.2) is 0 Å². The second-order valence-corrected chi connectivity index (χ2v) is 7.13. The van der Waals surface area contributed by atoms with Crippen molar-refractivity contribution in [2.45, 2.75) is 50.6 Å². The van der Waals surface area contributed by atoms with Crippen LogP contribution in [0.1, 0.15) is 37.7 Å². The number of nitrogens with one attached hydrogen (secondary N) is 2. The van der Waals surface area contributed by atoms with Crippen molar-refractivity contribution in [3.8, 4) is 0 Å². The van der Waals surface area contributed by atoms with Crippen LogP contribution in [0.25, 0.3) is 0 Å². The molecule has 0 unspecified atom stereocenters. The zero-order valence-electron chi connectivity index (χ0n) is 15.3. The number of rotatable bonds is 5. The first-order valence-corrected chi connectivity index (χ1v) is 9.70. The number of urea groups is 1. The molecule has 2 N–H and O–H groups in total. The predicted molar refractivity (Wildman–Crippen MR) is 99.9 cm³/mol. The van der Waals surface area contributed by atoms with Crippen LogP contribution in [0.4, 0.5) is 4.79 Å². The highest BCUT2D eigenvalue weighted by Crippen LogP contribution is 2.17. The Morgan fingerprint density at radius 2 is 1.77 bits per heavy atom. The summed E-state index contributed by atoms with van der Waals surface area (Å²) in [7, 11) is 0. The van der Waals surface area contributed by atoms with E-state index >= 15 is 0 Å². The van der Waals surface area contributed by atoms with Gasteiger partial charge in [-0.3, -0.25) is 4.79 Å². The van der Waals surface area contributed by atoms with Crippen molar-refractivity contribution >= 4 is 11.9 Å². The summed E-state index contributed by atoms with van der Waals surface area (Å²) in [5.41, 5.74) is 1.04. The fourth-order valence-corrected chi connectivity index (χ4v) is 3.69. The van der Waals surface area contributed by atoms with Gasteiger partial charge in [0.2, 0.25) is 5.91 Å². The number of carbonyl (C=O) groups excluding carboxylic acids is 2. The van der Waals surface area contributed by atoms with E-state index in [1.54, 1.807) is 4.90 Å². The molecular formula is C20H29N3O3. The third-order valence-corrected chi connectivity index (χ3v) is 5.15. The molecule has 3 amide bonds. The van der Waals surface area contributed by atoms with Crippen molar-refractivity contribution in [1.82, 2.24) is 15.5 Å². The largest absolute Gasteiger partial charge is 0.378 e. The van der Waals surface area contributed by atoms with Gasteiger partial charge in [0, 0.05) is 25.6 Å². The Morgan fingerprint density at radius 1 is 1.08 bits per heavy atom. The second kappa shape index (κ2) is 9.57. The molecule has 2 fully saturated rings. The van der Waals surface area contributed by atoms with Crippen LogP contribution in [-0.4, -0.2) is 55.2 Å². The third-order valence-electron chi connectivity index (χ3n) is 5.15. The minimum atomic E-state index is -0.556. The van der Waals surface area contributed by atoms with E-state index in [9.17, 15) is 9.59 Å². The molecular weight excluding hydrogens is 330 g/mol. The minimum Gasteiger partial charge on any atom is -0.378 e.